The first-order chi connectivity index (χ1) is 3.66. The van der Waals surface area contributed by atoms with E-state index in [-0.39, 0.29) is 0 Å². The average Bonchev–Trinajstić information content (AvgIpc) is 1.65. The zero-order valence-corrected chi connectivity index (χ0v) is 5.36. The van der Waals surface area contributed by atoms with Crippen molar-refractivity contribution >= 4 is 17.0 Å². The Labute approximate surface area is 53.1 Å². The van der Waals surface area contributed by atoms with Crippen LogP contribution in [0.5, 0.6) is 0 Å². The van der Waals surface area contributed by atoms with E-state index in [1.807, 2.05) is 6.92 Å². The molecule has 0 aromatic carbocycles. The predicted molar refractivity (Wildman–Crippen MR) is 31.8 cm³/mol. The van der Waals surface area contributed by atoms with Gasteiger partial charge in [0.05, 0.1) is 0 Å². The second kappa shape index (κ2) is 3.50. The molecule has 0 aliphatic heterocycles. The maximum Gasteiger partial charge on any atom is 0.408 e. The summed E-state index contributed by atoms with van der Waals surface area (Å²) in [6.45, 7) is 5.21. The van der Waals surface area contributed by atoms with Crippen LogP contribution in [-0.2, 0) is 4.74 Å². The van der Waals surface area contributed by atoms with Crippen molar-refractivity contribution in [1.82, 2.24) is 0 Å². The third-order valence-corrected chi connectivity index (χ3v) is 0.696. The molecule has 0 saturated carbocycles. The number of carbonyl (C=O) groups excluding carboxylic acids is 1. The largest absolute Gasteiger partial charge is 0.420 e. The highest BCUT2D eigenvalue weighted by atomic mass is 35.5. The van der Waals surface area contributed by atoms with Crippen LogP contribution in [0.25, 0.3) is 0 Å². The molecular formula is C5H7ClO2. The quantitative estimate of drug-likeness (QED) is 0.428. The lowest BCUT2D eigenvalue weighted by molar-refractivity contribution is 0.201. The third-order valence-electron chi connectivity index (χ3n) is 0.619. The summed E-state index contributed by atoms with van der Waals surface area (Å²) in [4.78, 5) is 9.90. The zero-order valence-electron chi connectivity index (χ0n) is 4.61. The van der Waals surface area contributed by atoms with Crippen molar-refractivity contribution in [2.45, 2.75) is 13.3 Å². The molecule has 0 aromatic rings. The maximum atomic E-state index is 9.90. The van der Waals surface area contributed by atoms with Gasteiger partial charge in [-0.25, -0.2) is 4.79 Å². The lowest BCUT2D eigenvalue weighted by atomic mass is 10.4. The SMILES string of the molecule is C=C(CC)OC(=O)Cl. The maximum absolute atomic E-state index is 9.90. The number of carbonyl (C=O) groups is 1. The van der Waals surface area contributed by atoms with Gasteiger partial charge in [0.2, 0.25) is 0 Å². The summed E-state index contributed by atoms with van der Waals surface area (Å²) in [5, 5.41) is 0. The molecule has 0 aliphatic carbocycles. The normalized spacial score (nSPS) is 8.25. The van der Waals surface area contributed by atoms with Gasteiger partial charge in [-0.3, -0.25) is 0 Å². The summed E-state index contributed by atoms with van der Waals surface area (Å²) in [6, 6.07) is 0. The molecule has 0 saturated heterocycles. The van der Waals surface area contributed by atoms with Gasteiger partial charge >= 0.3 is 5.43 Å². The lowest BCUT2D eigenvalue weighted by Gasteiger charge is -1.96. The van der Waals surface area contributed by atoms with Crippen LogP contribution in [-0.4, -0.2) is 5.43 Å². The van der Waals surface area contributed by atoms with Crippen LogP contribution < -0.4 is 0 Å². The zero-order chi connectivity index (χ0) is 6.57. The van der Waals surface area contributed by atoms with Crippen LogP contribution in [0.3, 0.4) is 0 Å². The number of allylic oxidation sites excluding steroid dienone is 1. The minimum absolute atomic E-state index is 0.394. The molecule has 0 rings (SSSR count). The molecule has 0 radical (unpaired) electrons. The molecule has 0 spiro atoms. The monoisotopic (exact) mass is 134 g/mol. The van der Waals surface area contributed by atoms with Gasteiger partial charge in [-0.1, -0.05) is 13.5 Å². The number of hydrogen-bond donors (Lipinski definition) is 0. The first kappa shape index (κ1) is 7.50. The average molecular weight is 135 g/mol. The first-order valence-corrected chi connectivity index (χ1v) is 2.59. The molecule has 0 N–H and O–H groups in total. The van der Waals surface area contributed by atoms with Gasteiger partial charge in [0.15, 0.2) is 0 Å². The summed E-state index contributed by atoms with van der Waals surface area (Å²) < 4.78 is 4.33. The van der Waals surface area contributed by atoms with E-state index in [0.29, 0.717) is 12.2 Å². The molecule has 0 fully saturated rings. The van der Waals surface area contributed by atoms with E-state index in [0.717, 1.165) is 0 Å². The van der Waals surface area contributed by atoms with Gasteiger partial charge in [-0.2, -0.15) is 0 Å². The van der Waals surface area contributed by atoms with E-state index >= 15 is 0 Å². The number of hydrogen-bond acceptors (Lipinski definition) is 2. The minimum atomic E-state index is -0.822. The summed E-state index contributed by atoms with van der Waals surface area (Å²) in [5.41, 5.74) is -0.822. The molecule has 0 bridgehead atoms. The lowest BCUT2D eigenvalue weighted by Crippen LogP contribution is -1.90. The highest BCUT2D eigenvalue weighted by Crippen LogP contribution is 2.00. The van der Waals surface area contributed by atoms with E-state index in [1.165, 1.54) is 0 Å². The molecule has 0 atom stereocenters. The second-order valence-electron chi connectivity index (χ2n) is 1.23. The van der Waals surface area contributed by atoms with Crippen LogP contribution >= 0.6 is 11.6 Å². The topological polar surface area (TPSA) is 26.3 Å². The van der Waals surface area contributed by atoms with Gasteiger partial charge in [-0.15, -0.1) is 0 Å². The van der Waals surface area contributed by atoms with Crippen molar-refractivity contribution in [2.24, 2.45) is 0 Å². The molecule has 8 heavy (non-hydrogen) atoms. The van der Waals surface area contributed by atoms with Crippen LogP contribution in [0.2, 0.25) is 0 Å². The predicted octanol–water partition coefficient (Wildman–Crippen LogP) is 2.29. The van der Waals surface area contributed by atoms with Crippen molar-refractivity contribution in [3.05, 3.63) is 12.3 Å². The van der Waals surface area contributed by atoms with Crippen molar-refractivity contribution < 1.29 is 9.53 Å². The van der Waals surface area contributed by atoms with Gasteiger partial charge in [0, 0.05) is 18.0 Å². The fraction of sp³-hybridized carbons (Fsp3) is 0.400. The Kier molecular flexibility index (Phi) is 3.28. The Morgan fingerprint density at radius 1 is 1.88 bits per heavy atom. The van der Waals surface area contributed by atoms with Crippen LogP contribution in [0.1, 0.15) is 13.3 Å². The summed E-state index contributed by atoms with van der Waals surface area (Å²) >= 11 is 4.83. The van der Waals surface area contributed by atoms with Gasteiger partial charge in [0.1, 0.15) is 5.76 Å². The summed E-state index contributed by atoms with van der Waals surface area (Å²) in [5.74, 6) is 0.394. The molecule has 2 nitrogen and oxygen atoms in total. The Morgan fingerprint density at radius 2 is 2.38 bits per heavy atom. The fourth-order valence-corrected chi connectivity index (χ4v) is 0.295. The Hall–Kier alpha value is -0.500. The van der Waals surface area contributed by atoms with Crippen LogP contribution in [0, 0.1) is 0 Å². The van der Waals surface area contributed by atoms with Crippen LogP contribution in [0.15, 0.2) is 12.3 Å². The molecule has 3 heteroatoms. The van der Waals surface area contributed by atoms with E-state index in [2.05, 4.69) is 11.3 Å². The summed E-state index contributed by atoms with van der Waals surface area (Å²) in [6.07, 6.45) is 0.610. The molecule has 0 aliphatic rings. The smallest absolute Gasteiger partial charge is 0.408 e. The Balaban J connectivity index is 3.40. The number of halogens is 1. The first-order valence-electron chi connectivity index (χ1n) is 2.22. The Morgan fingerprint density at radius 3 is 2.50 bits per heavy atom. The molecule has 46 valence electrons. The Bertz CT molecular complexity index is 109. The molecule has 0 heterocycles. The van der Waals surface area contributed by atoms with E-state index in [4.69, 9.17) is 11.6 Å². The molecule has 0 unspecified atom stereocenters. The molecule has 0 aromatic heterocycles. The van der Waals surface area contributed by atoms with Gasteiger partial charge in [0.25, 0.3) is 0 Å². The van der Waals surface area contributed by atoms with E-state index in [9.17, 15) is 4.79 Å². The van der Waals surface area contributed by atoms with Crippen molar-refractivity contribution in [3.8, 4) is 0 Å². The standard InChI is InChI=1S/C5H7ClO2/c1-3-4(2)8-5(6)7/h2-3H2,1H3. The van der Waals surface area contributed by atoms with Gasteiger partial charge < -0.3 is 4.74 Å². The fourth-order valence-electron chi connectivity index (χ4n) is 0.186. The van der Waals surface area contributed by atoms with Crippen molar-refractivity contribution in [3.63, 3.8) is 0 Å². The van der Waals surface area contributed by atoms with Crippen molar-refractivity contribution in [2.75, 3.05) is 0 Å². The number of ether oxygens (including phenoxy) is 1. The molecular weight excluding hydrogens is 128 g/mol. The van der Waals surface area contributed by atoms with E-state index < -0.39 is 5.43 Å². The third kappa shape index (κ3) is 3.68. The second-order valence-corrected chi connectivity index (χ2v) is 1.54. The van der Waals surface area contributed by atoms with Crippen LogP contribution in [0.4, 0.5) is 4.79 Å². The van der Waals surface area contributed by atoms with E-state index in [1.54, 1.807) is 0 Å². The van der Waals surface area contributed by atoms with Gasteiger partial charge in [-0.05, 0) is 0 Å². The van der Waals surface area contributed by atoms with Crippen molar-refractivity contribution in [1.29, 1.82) is 0 Å². The molecule has 0 amide bonds. The number of rotatable bonds is 2. The summed E-state index contributed by atoms with van der Waals surface area (Å²) in [7, 11) is 0. The highest BCUT2D eigenvalue weighted by molar-refractivity contribution is 6.61. The highest BCUT2D eigenvalue weighted by Gasteiger charge is 1.95. The minimum Gasteiger partial charge on any atom is -0.420 e.